The van der Waals surface area contributed by atoms with Crippen molar-refractivity contribution in [1.29, 1.82) is 5.26 Å². The number of fused-ring (bicyclic) bond motifs is 1. The highest BCUT2D eigenvalue weighted by molar-refractivity contribution is 6.36. The second kappa shape index (κ2) is 9.18. The molecule has 160 valence electrons. The van der Waals surface area contributed by atoms with Crippen molar-refractivity contribution in [1.82, 2.24) is 0 Å². The molecule has 0 bridgehead atoms. The van der Waals surface area contributed by atoms with Gasteiger partial charge in [-0.25, -0.2) is 0 Å². The zero-order chi connectivity index (χ0) is 22.8. The first-order chi connectivity index (χ1) is 14.7. The zero-order valence-corrected chi connectivity index (χ0v) is 19.6. The molecule has 0 spiro atoms. The molecule has 0 saturated heterocycles. The van der Waals surface area contributed by atoms with Crippen LogP contribution < -0.4 is 10.2 Å². The molecule has 1 aliphatic heterocycles. The average molecular weight is 454 g/mol. The zero-order valence-electron chi connectivity index (χ0n) is 18.1. The van der Waals surface area contributed by atoms with Crippen LogP contribution >= 0.6 is 23.2 Å². The first-order valence-electron chi connectivity index (χ1n) is 10.2. The molecule has 31 heavy (non-hydrogen) atoms. The van der Waals surface area contributed by atoms with E-state index in [-0.39, 0.29) is 11.1 Å². The highest BCUT2D eigenvalue weighted by atomic mass is 35.5. The molecule has 2 aromatic carbocycles. The summed E-state index contributed by atoms with van der Waals surface area (Å²) in [7, 11) is 0. The molecule has 6 heteroatoms. The number of carbonyl (C=O) groups excluding carboxylic acids is 1. The van der Waals surface area contributed by atoms with Gasteiger partial charge in [0.2, 0.25) is 0 Å². The molecule has 1 heterocycles. The van der Waals surface area contributed by atoms with Crippen molar-refractivity contribution in [2.75, 3.05) is 16.8 Å². The molecule has 1 amide bonds. The number of hydrogen-bond acceptors (Lipinski definition) is 3. The minimum atomic E-state index is -0.523. The Morgan fingerprint density at radius 3 is 2.61 bits per heavy atom. The minimum Gasteiger partial charge on any atom is -0.362 e. The van der Waals surface area contributed by atoms with Crippen LogP contribution in [0, 0.1) is 11.3 Å². The number of amides is 1. The molecular formula is C25H25Cl2N3O. The van der Waals surface area contributed by atoms with E-state index in [0.29, 0.717) is 15.7 Å². The molecule has 0 atom stereocenters. The van der Waals surface area contributed by atoms with Gasteiger partial charge in [0.05, 0.1) is 16.2 Å². The molecular weight excluding hydrogens is 429 g/mol. The molecule has 1 N–H and O–H groups in total. The van der Waals surface area contributed by atoms with Crippen LogP contribution in [0.25, 0.3) is 11.6 Å². The van der Waals surface area contributed by atoms with Gasteiger partial charge in [-0.3, -0.25) is 4.79 Å². The number of hydrogen-bond donors (Lipinski definition) is 1. The highest BCUT2D eigenvalue weighted by Gasteiger charge is 2.30. The molecule has 0 saturated carbocycles. The lowest BCUT2D eigenvalue weighted by atomic mass is 9.87. The molecule has 0 aliphatic carbocycles. The fraction of sp³-hybridized carbons (Fsp3) is 0.280. The van der Waals surface area contributed by atoms with Crippen LogP contribution in [-0.2, 0) is 4.79 Å². The quantitative estimate of drug-likeness (QED) is 0.393. The number of carbonyl (C=O) groups is 1. The first-order valence-corrected chi connectivity index (χ1v) is 10.9. The van der Waals surface area contributed by atoms with Gasteiger partial charge in [-0.15, -0.1) is 0 Å². The fourth-order valence-electron chi connectivity index (χ4n) is 3.92. The summed E-state index contributed by atoms with van der Waals surface area (Å²) in [6, 6.07) is 12.8. The van der Waals surface area contributed by atoms with Crippen molar-refractivity contribution in [2.24, 2.45) is 0 Å². The van der Waals surface area contributed by atoms with Crippen molar-refractivity contribution in [3.05, 3.63) is 69.2 Å². The third-order valence-corrected chi connectivity index (χ3v) is 5.85. The van der Waals surface area contributed by atoms with E-state index in [0.717, 1.165) is 24.1 Å². The van der Waals surface area contributed by atoms with Crippen molar-refractivity contribution in [3.8, 4) is 6.07 Å². The summed E-state index contributed by atoms with van der Waals surface area (Å²) in [5.41, 5.74) is 4.57. The second-order valence-electron chi connectivity index (χ2n) is 8.16. The Bertz CT molecular complexity index is 1130. The lowest BCUT2D eigenvalue weighted by Gasteiger charge is -2.43. The first kappa shape index (κ1) is 22.9. The van der Waals surface area contributed by atoms with Gasteiger partial charge in [0.1, 0.15) is 11.6 Å². The smallest absolute Gasteiger partial charge is 0.266 e. The number of nitrogens with one attached hydrogen (secondary N) is 1. The maximum atomic E-state index is 12.6. The Morgan fingerprint density at radius 2 is 1.97 bits per heavy atom. The molecule has 3 rings (SSSR count). The molecule has 0 aromatic heterocycles. The number of anilines is 2. The predicted molar refractivity (Wildman–Crippen MR) is 130 cm³/mol. The Labute approximate surface area is 193 Å². The summed E-state index contributed by atoms with van der Waals surface area (Å²) in [5, 5.41) is 13.0. The van der Waals surface area contributed by atoms with E-state index in [1.54, 1.807) is 18.2 Å². The van der Waals surface area contributed by atoms with Crippen molar-refractivity contribution in [2.45, 2.75) is 39.7 Å². The lowest BCUT2D eigenvalue weighted by Crippen LogP contribution is -2.45. The van der Waals surface area contributed by atoms with E-state index >= 15 is 0 Å². The van der Waals surface area contributed by atoms with Gasteiger partial charge in [0.25, 0.3) is 5.91 Å². The Hall–Kier alpha value is -2.74. The Balaban J connectivity index is 1.93. The monoisotopic (exact) mass is 453 g/mol. The van der Waals surface area contributed by atoms with Gasteiger partial charge >= 0.3 is 0 Å². The van der Waals surface area contributed by atoms with Crippen molar-refractivity contribution in [3.63, 3.8) is 0 Å². The molecule has 0 radical (unpaired) electrons. The van der Waals surface area contributed by atoms with Gasteiger partial charge in [-0.2, -0.15) is 5.26 Å². The largest absolute Gasteiger partial charge is 0.362 e. The van der Waals surface area contributed by atoms with Crippen molar-refractivity contribution >= 4 is 52.1 Å². The van der Waals surface area contributed by atoms with Crippen LogP contribution in [0.1, 0.15) is 45.2 Å². The molecule has 2 aromatic rings. The lowest BCUT2D eigenvalue weighted by molar-refractivity contribution is -0.112. The fourth-order valence-corrected chi connectivity index (χ4v) is 4.37. The van der Waals surface area contributed by atoms with E-state index in [9.17, 15) is 10.1 Å². The number of allylic oxidation sites excluding steroid dienone is 1. The number of rotatable bonds is 5. The Kier molecular flexibility index (Phi) is 6.79. The summed E-state index contributed by atoms with van der Waals surface area (Å²) in [4.78, 5) is 15.0. The number of halogens is 2. The van der Waals surface area contributed by atoms with E-state index in [2.05, 4.69) is 50.1 Å². The van der Waals surface area contributed by atoms with Crippen LogP contribution in [-0.4, -0.2) is 18.0 Å². The molecule has 1 aliphatic rings. The summed E-state index contributed by atoms with van der Waals surface area (Å²) in [6.45, 7) is 9.64. The van der Waals surface area contributed by atoms with Crippen LogP contribution in [0.15, 0.2) is 48.0 Å². The predicted octanol–water partition coefficient (Wildman–Crippen LogP) is 6.95. The van der Waals surface area contributed by atoms with Crippen LogP contribution in [0.3, 0.4) is 0 Å². The van der Waals surface area contributed by atoms with Crippen LogP contribution in [0.2, 0.25) is 10.0 Å². The summed E-state index contributed by atoms with van der Waals surface area (Å²) >= 11 is 12.0. The van der Waals surface area contributed by atoms with E-state index in [1.807, 2.05) is 18.2 Å². The number of nitrogens with zero attached hydrogens (tertiary/aromatic N) is 2. The van der Waals surface area contributed by atoms with Gasteiger partial charge < -0.3 is 10.2 Å². The van der Waals surface area contributed by atoms with Gasteiger partial charge in [0.15, 0.2) is 0 Å². The molecule has 0 fully saturated rings. The van der Waals surface area contributed by atoms with Crippen molar-refractivity contribution < 1.29 is 4.79 Å². The summed E-state index contributed by atoms with van der Waals surface area (Å²) in [6.07, 6.45) is 4.90. The maximum absolute atomic E-state index is 12.6. The number of benzene rings is 2. The third-order valence-electron chi connectivity index (χ3n) is 5.30. The molecule has 0 unspecified atom stereocenters. The van der Waals surface area contributed by atoms with E-state index < -0.39 is 5.91 Å². The Morgan fingerprint density at radius 1 is 1.23 bits per heavy atom. The van der Waals surface area contributed by atoms with Gasteiger partial charge in [-0.05, 0) is 74.7 Å². The standard InChI is InChI=1S/C25H25Cl2N3O/c1-5-10-30-23-9-6-17(12-20(23)16(2)14-25(30,3)4)11-18(15-28)24(31)29-22-8-7-19(26)13-21(22)27/h6-9,11-14H,5,10H2,1-4H3,(H,29,31)/b18-11+. The summed E-state index contributed by atoms with van der Waals surface area (Å²) in [5.74, 6) is -0.523. The topological polar surface area (TPSA) is 56.1 Å². The second-order valence-corrected chi connectivity index (χ2v) is 9.00. The summed E-state index contributed by atoms with van der Waals surface area (Å²) < 4.78 is 0. The normalized spacial score (nSPS) is 15.1. The van der Waals surface area contributed by atoms with Gasteiger partial charge in [-0.1, -0.05) is 42.3 Å². The van der Waals surface area contributed by atoms with Crippen LogP contribution in [0.4, 0.5) is 11.4 Å². The maximum Gasteiger partial charge on any atom is 0.266 e. The van der Waals surface area contributed by atoms with E-state index in [4.69, 9.17) is 23.2 Å². The molecule has 4 nitrogen and oxygen atoms in total. The van der Waals surface area contributed by atoms with Crippen LogP contribution in [0.5, 0.6) is 0 Å². The van der Waals surface area contributed by atoms with Gasteiger partial charge in [0, 0.05) is 22.8 Å². The average Bonchev–Trinajstić information content (AvgIpc) is 2.71. The van der Waals surface area contributed by atoms with E-state index in [1.165, 1.54) is 17.3 Å². The number of nitriles is 1. The third kappa shape index (κ3) is 4.95. The SMILES string of the molecule is CCCN1c2ccc(/C=C(\C#N)C(=O)Nc3ccc(Cl)cc3Cl)cc2C(C)=CC1(C)C. The highest BCUT2D eigenvalue weighted by Crippen LogP contribution is 2.39. The minimum absolute atomic E-state index is 0.00541.